The SMILES string of the molecule is Cc1cccc(NC(=O)Cc2ccsc2)c1/C(N)=N/O. The number of rotatable bonds is 4. The van der Waals surface area contributed by atoms with E-state index in [1.165, 1.54) is 0 Å². The summed E-state index contributed by atoms with van der Waals surface area (Å²) in [6.45, 7) is 1.84. The molecule has 1 amide bonds. The van der Waals surface area contributed by atoms with Crippen molar-refractivity contribution in [3.05, 3.63) is 51.7 Å². The minimum absolute atomic E-state index is 0.0195. The summed E-state index contributed by atoms with van der Waals surface area (Å²) in [4.78, 5) is 12.0. The molecule has 20 heavy (non-hydrogen) atoms. The topological polar surface area (TPSA) is 87.7 Å². The average molecular weight is 289 g/mol. The van der Waals surface area contributed by atoms with Crippen LogP contribution in [0.1, 0.15) is 16.7 Å². The molecule has 0 radical (unpaired) electrons. The number of nitrogens with zero attached hydrogens (tertiary/aromatic N) is 1. The number of oxime groups is 1. The van der Waals surface area contributed by atoms with E-state index in [1.54, 1.807) is 17.4 Å². The lowest BCUT2D eigenvalue weighted by Gasteiger charge is -2.12. The molecule has 0 saturated carbocycles. The first-order chi connectivity index (χ1) is 9.61. The standard InChI is InChI=1S/C14H15N3O2S/c1-9-3-2-4-11(13(9)14(15)17-19)16-12(18)7-10-5-6-20-8-10/h2-6,8,19H,7H2,1H3,(H2,15,17)(H,16,18). The third-order valence-corrected chi connectivity index (χ3v) is 3.59. The first-order valence-corrected chi connectivity index (χ1v) is 6.94. The molecule has 1 heterocycles. The molecular weight excluding hydrogens is 274 g/mol. The summed E-state index contributed by atoms with van der Waals surface area (Å²) in [5.74, 6) is -0.157. The predicted molar refractivity (Wildman–Crippen MR) is 80.3 cm³/mol. The molecule has 0 aliphatic heterocycles. The van der Waals surface area contributed by atoms with E-state index in [9.17, 15) is 4.79 Å². The minimum Gasteiger partial charge on any atom is -0.409 e. The van der Waals surface area contributed by atoms with Gasteiger partial charge in [0.2, 0.25) is 5.91 Å². The maximum atomic E-state index is 12.0. The van der Waals surface area contributed by atoms with Crippen molar-refractivity contribution in [3.63, 3.8) is 0 Å². The number of anilines is 1. The number of nitrogens with one attached hydrogen (secondary N) is 1. The van der Waals surface area contributed by atoms with E-state index in [0.29, 0.717) is 17.7 Å². The van der Waals surface area contributed by atoms with Crippen LogP contribution in [0.5, 0.6) is 0 Å². The molecule has 2 rings (SSSR count). The lowest BCUT2D eigenvalue weighted by atomic mass is 10.1. The smallest absolute Gasteiger partial charge is 0.228 e. The molecule has 0 fully saturated rings. The van der Waals surface area contributed by atoms with Crippen molar-refractivity contribution in [2.75, 3.05) is 5.32 Å². The highest BCUT2D eigenvalue weighted by atomic mass is 32.1. The zero-order chi connectivity index (χ0) is 14.5. The Bertz CT molecular complexity index is 636. The maximum Gasteiger partial charge on any atom is 0.228 e. The predicted octanol–water partition coefficient (Wildman–Crippen LogP) is 2.33. The fraction of sp³-hybridized carbons (Fsp3) is 0.143. The van der Waals surface area contributed by atoms with Gasteiger partial charge < -0.3 is 16.3 Å². The Balaban J connectivity index is 2.21. The highest BCUT2D eigenvalue weighted by Gasteiger charge is 2.13. The van der Waals surface area contributed by atoms with Crippen LogP contribution in [0.15, 0.2) is 40.2 Å². The van der Waals surface area contributed by atoms with Crippen LogP contribution >= 0.6 is 11.3 Å². The molecule has 5 nitrogen and oxygen atoms in total. The number of hydrogen-bond acceptors (Lipinski definition) is 4. The van der Waals surface area contributed by atoms with Crippen LogP contribution < -0.4 is 11.1 Å². The number of hydrogen-bond donors (Lipinski definition) is 3. The second kappa shape index (κ2) is 6.21. The van der Waals surface area contributed by atoms with E-state index in [4.69, 9.17) is 10.9 Å². The van der Waals surface area contributed by atoms with Gasteiger partial charge in [0.25, 0.3) is 0 Å². The van der Waals surface area contributed by atoms with Crippen LogP contribution in [0.25, 0.3) is 0 Å². The summed E-state index contributed by atoms with van der Waals surface area (Å²) in [7, 11) is 0. The fourth-order valence-corrected chi connectivity index (χ4v) is 2.60. The molecule has 0 spiro atoms. The van der Waals surface area contributed by atoms with Crippen molar-refractivity contribution in [2.24, 2.45) is 10.9 Å². The Kier molecular flexibility index (Phi) is 4.37. The van der Waals surface area contributed by atoms with Crippen LogP contribution in [0.4, 0.5) is 5.69 Å². The van der Waals surface area contributed by atoms with E-state index < -0.39 is 0 Å². The van der Waals surface area contributed by atoms with E-state index in [1.807, 2.05) is 35.9 Å². The van der Waals surface area contributed by atoms with Crippen molar-refractivity contribution in [1.82, 2.24) is 0 Å². The van der Waals surface area contributed by atoms with Crippen LogP contribution in [-0.2, 0) is 11.2 Å². The van der Waals surface area contributed by atoms with Gasteiger partial charge >= 0.3 is 0 Å². The Morgan fingerprint density at radius 3 is 2.90 bits per heavy atom. The first kappa shape index (κ1) is 14.1. The molecular formula is C14H15N3O2S. The van der Waals surface area contributed by atoms with Crippen molar-refractivity contribution in [3.8, 4) is 0 Å². The summed E-state index contributed by atoms with van der Waals surface area (Å²) >= 11 is 1.55. The van der Waals surface area contributed by atoms with E-state index in [2.05, 4.69) is 10.5 Å². The number of amides is 1. The molecule has 0 bridgehead atoms. The molecule has 4 N–H and O–H groups in total. The number of nitrogens with two attached hydrogens (primary N) is 1. The molecule has 0 aliphatic rings. The third-order valence-electron chi connectivity index (χ3n) is 2.86. The average Bonchev–Trinajstić information content (AvgIpc) is 2.91. The zero-order valence-corrected chi connectivity index (χ0v) is 11.8. The molecule has 6 heteroatoms. The molecule has 2 aromatic rings. The second-order valence-electron chi connectivity index (χ2n) is 4.34. The van der Waals surface area contributed by atoms with Gasteiger partial charge in [-0.15, -0.1) is 0 Å². The summed E-state index contributed by atoms with van der Waals surface area (Å²) in [5.41, 5.74) is 8.53. The number of benzene rings is 1. The molecule has 0 unspecified atom stereocenters. The first-order valence-electron chi connectivity index (χ1n) is 6.00. The Hall–Kier alpha value is -2.34. The number of carbonyl (C=O) groups excluding carboxylic acids is 1. The van der Waals surface area contributed by atoms with Crippen LogP contribution in [0, 0.1) is 6.92 Å². The number of aryl methyl sites for hydroxylation is 1. The van der Waals surface area contributed by atoms with Gasteiger partial charge in [-0.05, 0) is 40.9 Å². The van der Waals surface area contributed by atoms with E-state index >= 15 is 0 Å². The van der Waals surface area contributed by atoms with Gasteiger partial charge in [0.1, 0.15) is 0 Å². The summed E-state index contributed by atoms with van der Waals surface area (Å²) in [6.07, 6.45) is 0.299. The molecule has 0 aliphatic carbocycles. The van der Waals surface area contributed by atoms with Crippen LogP contribution in [0.2, 0.25) is 0 Å². The van der Waals surface area contributed by atoms with Crippen LogP contribution in [0.3, 0.4) is 0 Å². The van der Waals surface area contributed by atoms with Gasteiger partial charge in [-0.3, -0.25) is 4.79 Å². The van der Waals surface area contributed by atoms with E-state index in [0.717, 1.165) is 11.1 Å². The lowest BCUT2D eigenvalue weighted by molar-refractivity contribution is -0.115. The van der Waals surface area contributed by atoms with Gasteiger partial charge in [0.05, 0.1) is 12.1 Å². The Morgan fingerprint density at radius 1 is 1.45 bits per heavy atom. The largest absolute Gasteiger partial charge is 0.409 e. The van der Waals surface area contributed by atoms with Crippen molar-refractivity contribution < 1.29 is 10.0 Å². The number of thiophene rings is 1. The maximum absolute atomic E-state index is 12.0. The third kappa shape index (κ3) is 3.16. The highest BCUT2D eigenvalue weighted by molar-refractivity contribution is 7.08. The van der Waals surface area contributed by atoms with E-state index in [-0.39, 0.29) is 11.7 Å². The molecule has 1 aromatic heterocycles. The van der Waals surface area contributed by atoms with Crippen molar-refractivity contribution >= 4 is 28.8 Å². The monoisotopic (exact) mass is 289 g/mol. The number of amidine groups is 1. The number of carbonyl (C=O) groups is 1. The molecule has 0 saturated heterocycles. The minimum atomic E-state index is -0.138. The van der Waals surface area contributed by atoms with Gasteiger partial charge in [-0.1, -0.05) is 17.3 Å². The van der Waals surface area contributed by atoms with Gasteiger partial charge in [-0.25, -0.2) is 0 Å². The zero-order valence-electron chi connectivity index (χ0n) is 11.0. The molecule has 0 atom stereocenters. The fourth-order valence-electron chi connectivity index (χ4n) is 1.93. The van der Waals surface area contributed by atoms with Crippen molar-refractivity contribution in [2.45, 2.75) is 13.3 Å². The normalized spacial score (nSPS) is 11.3. The van der Waals surface area contributed by atoms with Crippen molar-refractivity contribution in [1.29, 1.82) is 0 Å². The summed E-state index contributed by atoms with van der Waals surface area (Å²) in [5, 5.41) is 18.5. The van der Waals surface area contributed by atoms with Gasteiger partial charge in [0.15, 0.2) is 5.84 Å². The quantitative estimate of drug-likeness (QED) is 0.349. The van der Waals surface area contributed by atoms with Crippen LogP contribution in [-0.4, -0.2) is 17.0 Å². The van der Waals surface area contributed by atoms with Gasteiger partial charge in [-0.2, -0.15) is 11.3 Å². The highest BCUT2D eigenvalue weighted by Crippen LogP contribution is 2.20. The second-order valence-corrected chi connectivity index (χ2v) is 5.12. The lowest BCUT2D eigenvalue weighted by Crippen LogP contribution is -2.21. The summed E-state index contributed by atoms with van der Waals surface area (Å²) in [6, 6.07) is 7.28. The molecule has 1 aromatic carbocycles. The Labute approximate surface area is 120 Å². The summed E-state index contributed by atoms with van der Waals surface area (Å²) < 4.78 is 0. The Morgan fingerprint density at radius 2 is 2.25 bits per heavy atom. The molecule has 104 valence electrons. The van der Waals surface area contributed by atoms with Gasteiger partial charge in [0, 0.05) is 5.56 Å².